The van der Waals surface area contributed by atoms with Crippen LogP contribution >= 0.6 is 11.8 Å². The molecule has 4 rings (SSSR count). The lowest BCUT2D eigenvalue weighted by atomic mass is 9.82. The lowest BCUT2D eigenvalue weighted by molar-refractivity contribution is -0.115. The van der Waals surface area contributed by atoms with Crippen molar-refractivity contribution >= 4 is 23.4 Å². The average molecular weight is 488 g/mol. The van der Waals surface area contributed by atoms with Gasteiger partial charge in [-0.2, -0.15) is 5.26 Å². The van der Waals surface area contributed by atoms with Crippen molar-refractivity contribution in [2.45, 2.75) is 48.8 Å². The van der Waals surface area contributed by atoms with E-state index in [2.05, 4.69) is 35.7 Å². The molecule has 1 amide bonds. The third-order valence-corrected chi connectivity index (χ3v) is 7.69. The van der Waals surface area contributed by atoms with Crippen molar-refractivity contribution in [1.82, 2.24) is 4.98 Å². The summed E-state index contributed by atoms with van der Waals surface area (Å²) in [6.45, 7) is 1.95. The Morgan fingerprint density at radius 2 is 2.00 bits per heavy atom. The van der Waals surface area contributed by atoms with Crippen molar-refractivity contribution in [3.63, 3.8) is 0 Å². The molecule has 1 N–H and O–H groups in total. The zero-order valence-electron chi connectivity index (χ0n) is 20.2. The Bertz CT molecular complexity index is 1240. The normalized spacial score (nSPS) is 15.4. The standard InChI is InChI=1S/C28H29N3O3S/c1-4-26(27(32)30-24-16-22(33-2)11-13-25(24)34-3)35-28-21(17-29)15-20-14-19(10-12-23(20)31-28)18-8-6-5-7-9-18/h5-9,11,13,15-16,19,26H,4,10,12,14H2,1-3H3,(H,30,32). The lowest BCUT2D eigenvalue weighted by Crippen LogP contribution is -2.25. The molecule has 1 aliphatic carbocycles. The van der Waals surface area contributed by atoms with E-state index in [9.17, 15) is 10.1 Å². The molecule has 35 heavy (non-hydrogen) atoms. The average Bonchev–Trinajstić information content (AvgIpc) is 2.91. The second-order valence-corrected chi connectivity index (χ2v) is 9.67. The van der Waals surface area contributed by atoms with Crippen LogP contribution in [-0.4, -0.2) is 30.4 Å². The number of carbonyl (C=O) groups is 1. The fourth-order valence-corrected chi connectivity index (χ4v) is 5.40. The van der Waals surface area contributed by atoms with Crippen LogP contribution in [0, 0.1) is 11.3 Å². The maximum Gasteiger partial charge on any atom is 0.238 e. The number of rotatable bonds is 8. The minimum Gasteiger partial charge on any atom is -0.497 e. The van der Waals surface area contributed by atoms with Gasteiger partial charge in [0, 0.05) is 11.8 Å². The third kappa shape index (κ3) is 5.60. The van der Waals surface area contributed by atoms with Crippen LogP contribution in [0.1, 0.15) is 48.1 Å². The van der Waals surface area contributed by atoms with E-state index in [-0.39, 0.29) is 5.91 Å². The largest absolute Gasteiger partial charge is 0.497 e. The topological polar surface area (TPSA) is 84.2 Å². The van der Waals surface area contributed by atoms with Gasteiger partial charge >= 0.3 is 0 Å². The summed E-state index contributed by atoms with van der Waals surface area (Å²) in [4.78, 5) is 18.0. The van der Waals surface area contributed by atoms with Crippen LogP contribution in [0.5, 0.6) is 11.5 Å². The molecule has 2 aromatic carbocycles. The van der Waals surface area contributed by atoms with Crippen LogP contribution in [0.25, 0.3) is 0 Å². The highest BCUT2D eigenvalue weighted by Crippen LogP contribution is 2.36. The van der Waals surface area contributed by atoms with Crippen LogP contribution in [0.4, 0.5) is 5.69 Å². The molecule has 180 valence electrons. The molecule has 0 saturated carbocycles. The second-order valence-electron chi connectivity index (χ2n) is 8.48. The first-order valence-corrected chi connectivity index (χ1v) is 12.6. The van der Waals surface area contributed by atoms with E-state index in [0.29, 0.717) is 40.1 Å². The SMILES string of the molecule is CCC(Sc1nc2c(cc1C#N)CC(c1ccccc1)CC2)C(=O)Nc1cc(OC)ccc1OC. The number of aromatic nitrogens is 1. The summed E-state index contributed by atoms with van der Waals surface area (Å²) in [7, 11) is 3.13. The minimum absolute atomic E-state index is 0.170. The Hall–Kier alpha value is -3.50. The Morgan fingerprint density at radius 3 is 2.69 bits per heavy atom. The molecule has 1 aliphatic rings. The number of anilines is 1. The minimum atomic E-state index is -0.413. The molecule has 3 aromatic rings. The Balaban J connectivity index is 1.53. The highest BCUT2D eigenvalue weighted by Gasteiger charge is 2.26. The Kier molecular flexibility index (Phi) is 7.94. The van der Waals surface area contributed by atoms with Crippen LogP contribution in [0.15, 0.2) is 59.6 Å². The lowest BCUT2D eigenvalue weighted by Gasteiger charge is -2.25. The number of methoxy groups -OCH3 is 2. The fourth-order valence-electron chi connectivity index (χ4n) is 4.41. The highest BCUT2D eigenvalue weighted by molar-refractivity contribution is 8.00. The summed E-state index contributed by atoms with van der Waals surface area (Å²) < 4.78 is 10.7. The van der Waals surface area contributed by atoms with Gasteiger partial charge in [0.05, 0.1) is 30.7 Å². The predicted molar refractivity (Wildman–Crippen MR) is 138 cm³/mol. The Labute approximate surface area is 210 Å². The summed E-state index contributed by atoms with van der Waals surface area (Å²) >= 11 is 1.34. The van der Waals surface area contributed by atoms with E-state index < -0.39 is 5.25 Å². The van der Waals surface area contributed by atoms with E-state index in [1.54, 1.807) is 32.4 Å². The first-order chi connectivity index (χ1) is 17.1. The highest BCUT2D eigenvalue weighted by atomic mass is 32.2. The number of nitrogens with one attached hydrogen (secondary N) is 1. The number of carbonyl (C=O) groups excluding carboxylic acids is 1. The third-order valence-electron chi connectivity index (χ3n) is 6.33. The summed E-state index contributed by atoms with van der Waals surface area (Å²) in [5.41, 5.74) is 4.55. The molecule has 7 heteroatoms. The van der Waals surface area contributed by atoms with Gasteiger partial charge in [-0.1, -0.05) is 49.0 Å². The van der Waals surface area contributed by atoms with E-state index in [1.165, 1.54) is 17.3 Å². The molecule has 0 spiro atoms. The molecule has 0 bridgehead atoms. The van der Waals surface area contributed by atoms with Gasteiger partial charge in [0.1, 0.15) is 22.6 Å². The molecule has 2 atom stereocenters. The summed E-state index contributed by atoms with van der Waals surface area (Å²) in [6.07, 6.45) is 3.34. The van der Waals surface area contributed by atoms with E-state index >= 15 is 0 Å². The number of nitrogens with zero attached hydrogens (tertiary/aromatic N) is 2. The zero-order valence-corrected chi connectivity index (χ0v) is 21.0. The van der Waals surface area contributed by atoms with Crippen molar-refractivity contribution in [2.24, 2.45) is 0 Å². The van der Waals surface area contributed by atoms with Crippen molar-refractivity contribution in [3.05, 3.63) is 77.0 Å². The first-order valence-electron chi connectivity index (χ1n) is 11.7. The van der Waals surface area contributed by atoms with Crippen molar-refractivity contribution in [2.75, 3.05) is 19.5 Å². The number of nitriles is 1. The number of fused-ring (bicyclic) bond motifs is 1. The van der Waals surface area contributed by atoms with Gasteiger partial charge in [-0.3, -0.25) is 4.79 Å². The number of hydrogen-bond donors (Lipinski definition) is 1. The first kappa shape index (κ1) is 24.6. The van der Waals surface area contributed by atoms with E-state index in [0.717, 1.165) is 30.5 Å². The molecule has 6 nitrogen and oxygen atoms in total. The monoisotopic (exact) mass is 487 g/mol. The molecule has 2 unspecified atom stereocenters. The molecule has 1 heterocycles. The second kappa shape index (κ2) is 11.3. The number of thioether (sulfide) groups is 1. The number of pyridine rings is 1. The molecular formula is C28H29N3O3S. The maximum atomic E-state index is 13.2. The zero-order chi connectivity index (χ0) is 24.8. The van der Waals surface area contributed by atoms with Gasteiger partial charge in [0.2, 0.25) is 5.91 Å². The van der Waals surface area contributed by atoms with Crippen molar-refractivity contribution < 1.29 is 14.3 Å². The van der Waals surface area contributed by atoms with Crippen molar-refractivity contribution in [3.8, 4) is 17.6 Å². The quantitative estimate of drug-likeness (QED) is 0.407. The Morgan fingerprint density at radius 1 is 1.20 bits per heavy atom. The molecule has 0 saturated heterocycles. The fraction of sp³-hybridized carbons (Fsp3) is 0.321. The van der Waals surface area contributed by atoms with E-state index in [1.807, 2.05) is 19.1 Å². The van der Waals surface area contributed by atoms with Crippen LogP contribution in [0.2, 0.25) is 0 Å². The van der Waals surface area contributed by atoms with Crippen molar-refractivity contribution in [1.29, 1.82) is 5.26 Å². The number of hydrogen-bond acceptors (Lipinski definition) is 6. The number of amides is 1. The summed E-state index contributed by atoms with van der Waals surface area (Å²) in [6, 6.07) is 20.0. The number of ether oxygens (including phenoxy) is 2. The van der Waals surface area contributed by atoms with Gasteiger partial charge in [-0.25, -0.2) is 4.98 Å². The maximum absolute atomic E-state index is 13.2. The number of aryl methyl sites for hydroxylation is 1. The molecule has 1 aromatic heterocycles. The predicted octanol–water partition coefficient (Wildman–Crippen LogP) is 5.75. The molecular weight excluding hydrogens is 458 g/mol. The van der Waals surface area contributed by atoms with Crippen LogP contribution < -0.4 is 14.8 Å². The summed E-state index contributed by atoms with van der Waals surface area (Å²) in [5, 5.41) is 13.0. The molecule has 0 aliphatic heterocycles. The summed E-state index contributed by atoms with van der Waals surface area (Å²) in [5.74, 6) is 1.44. The van der Waals surface area contributed by atoms with Gasteiger partial charge in [-0.15, -0.1) is 0 Å². The number of benzene rings is 2. The van der Waals surface area contributed by atoms with Gasteiger partial charge in [0.25, 0.3) is 0 Å². The molecule has 0 radical (unpaired) electrons. The smallest absolute Gasteiger partial charge is 0.238 e. The van der Waals surface area contributed by atoms with Gasteiger partial charge < -0.3 is 14.8 Å². The van der Waals surface area contributed by atoms with E-state index in [4.69, 9.17) is 14.5 Å². The van der Waals surface area contributed by atoms with Gasteiger partial charge in [0.15, 0.2) is 0 Å². The van der Waals surface area contributed by atoms with Crippen LogP contribution in [0.3, 0.4) is 0 Å². The van der Waals surface area contributed by atoms with Crippen LogP contribution in [-0.2, 0) is 17.6 Å². The molecule has 0 fully saturated rings. The van der Waals surface area contributed by atoms with Gasteiger partial charge in [-0.05, 0) is 60.9 Å².